The normalized spacial score (nSPS) is 30.4. The van der Waals surface area contributed by atoms with Gasteiger partial charge in [-0.05, 0) is 25.8 Å². The van der Waals surface area contributed by atoms with Crippen molar-refractivity contribution in [3.63, 3.8) is 0 Å². The zero-order chi connectivity index (χ0) is 11.3. The quantitative estimate of drug-likeness (QED) is 0.785. The minimum atomic E-state index is 0.702. The standard InChI is InChI=1S/C12H26N2S/c1-4-5-12(8-13)9-14-6-7-15-11(3)10(14)2/h10-12H,4-9,13H2,1-3H3. The Bertz CT molecular complexity index is 175. The fraction of sp³-hybridized carbons (Fsp3) is 1.00. The maximum Gasteiger partial charge on any atom is 0.0184 e. The summed E-state index contributed by atoms with van der Waals surface area (Å²) in [6.45, 7) is 10.3. The van der Waals surface area contributed by atoms with Crippen LogP contribution in [-0.2, 0) is 0 Å². The topological polar surface area (TPSA) is 29.3 Å². The van der Waals surface area contributed by atoms with Crippen molar-refractivity contribution in [2.24, 2.45) is 11.7 Å². The molecule has 90 valence electrons. The summed E-state index contributed by atoms with van der Waals surface area (Å²) in [5.41, 5.74) is 5.82. The lowest BCUT2D eigenvalue weighted by Gasteiger charge is -2.39. The molecule has 0 aliphatic carbocycles. The fourth-order valence-electron chi connectivity index (χ4n) is 2.28. The van der Waals surface area contributed by atoms with Crippen molar-refractivity contribution in [2.75, 3.05) is 25.4 Å². The Labute approximate surface area is 99.0 Å². The van der Waals surface area contributed by atoms with E-state index in [4.69, 9.17) is 5.73 Å². The van der Waals surface area contributed by atoms with Crippen molar-refractivity contribution >= 4 is 11.8 Å². The Morgan fingerprint density at radius 1 is 1.47 bits per heavy atom. The average molecular weight is 230 g/mol. The van der Waals surface area contributed by atoms with Gasteiger partial charge in [-0.25, -0.2) is 0 Å². The highest BCUT2D eigenvalue weighted by Gasteiger charge is 2.26. The fourth-order valence-corrected chi connectivity index (χ4v) is 3.44. The lowest BCUT2D eigenvalue weighted by atomic mass is 10.0. The molecule has 0 spiro atoms. The zero-order valence-electron chi connectivity index (χ0n) is 10.4. The van der Waals surface area contributed by atoms with Crippen LogP contribution in [0.15, 0.2) is 0 Å². The largest absolute Gasteiger partial charge is 0.330 e. The summed E-state index contributed by atoms with van der Waals surface area (Å²) in [5.74, 6) is 1.99. The molecule has 1 aliphatic rings. The Morgan fingerprint density at radius 3 is 2.80 bits per heavy atom. The van der Waals surface area contributed by atoms with Gasteiger partial charge in [-0.15, -0.1) is 0 Å². The highest BCUT2D eigenvalue weighted by molar-refractivity contribution is 8.00. The average Bonchev–Trinajstić information content (AvgIpc) is 2.24. The molecule has 0 aromatic rings. The van der Waals surface area contributed by atoms with Gasteiger partial charge in [-0.2, -0.15) is 11.8 Å². The number of nitrogens with two attached hydrogens (primary N) is 1. The van der Waals surface area contributed by atoms with Crippen molar-refractivity contribution in [3.05, 3.63) is 0 Å². The number of rotatable bonds is 5. The van der Waals surface area contributed by atoms with Gasteiger partial charge in [0.05, 0.1) is 0 Å². The summed E-state index contributed by atoms with van der Waals surface area (Å²) in [7, 11) is 0. The zero-order valence-corrected chi connectivity index (χ0v) is 11.2. The lowest BCUT2D eigenvalue weighted by molar-refractivity contribution is 0.177. The first-order valence-electron chi connectivity index (χ1n) is 6.24. The lowest BCUT2D eigenvalue weighted by Crippen LogP contribution is -2.47. The summed E-state index contributed by atoms with van der Waals surface area (Å²) >= 11 is 2.11. The van der Waals surface area contributed by atoms with Gasteiger partial charge in [-0.1, -0.05) is 20.3 Å². The van der Waals surface area contributed by atoms with Crippen LogP contribution in [0, 0.1) is 5.92 Å². The number of hydrogen-bond acceptors (Lipinski definition) is 3. The van der Waals surface area contributed by atoms with Crippen LogP contribution in [0.1, 0.15) is 33.6 Å². The van der Waals surface area contributed by atoms with E-state index < -0.39 is 0 Å². The molecule has 1 aliphatic heterocycles. The third-order valence-electron chi connectivity index (χ3n) is 3.54. The molecule has 3 atom stereocenters. The summed E-state index contributed by atoms with van der Waals surface area (Å²) < 4.78 is 0. The number of nitrogens with zero attached hydrogens (tertiary/aromatic N) is 1. The molecule has 0 aromatic heterocycles. The van der Waals surface area contributed by atoms with Crippen LogP contribution in [0.2, 0.25) is 0 Å². The highest BCUT2D eigenvalue weighted by Crippen LogP contribution is 2.25. The molecule has 0 radical (unpaired) electrons. The van der Waals surface area contributed by atoms with Crippen LogP contribution in [0.3, 0.4) is 0 Å². The van der Waals surface area contributed by atoms with Crippen molar-refractivity contribution in [2.45, 2.75) is 44.9 Å². The molecule has 1 saturated heterocycles. The summed E-state index contributed by atoms with van der Waals surface area (Å²) in [6.07, 6.45) is 2.54. The highest BCUT2D eigenvalue weighted by atomic mass is 32.2. The maximum atomic E-state index is 5.82. The van der Waals surface area contributed by atoms with Crippen LogP contribution in [-0.4, -0.2) is 41.6 Å². The van der Waals surface area contributed by atoms with E-state index in [9.17, 15) is 0 Å². The summed E-state index contributed by atoms with van der Waals surface area (Å²) in [4.78, 5) is 2.63. The smallest absolute Gasteiger partial charge is 0.0184 e. The molecular formula is C12H26N2S. The number of thioether (sulfide) groups is 1. The van der Waals surface area contributed by atoms with Gasteiger partial charge in [0.25, 0.3) is 0 Å². The van der Waals surface area contributed by atoms with Crippen LogP contribution in [0.25, 0.3) is 0 Å². The van der Waals surface area contributed by atoms with E-state index in [0.29, 0.717) is 5.92 Å². The van der Waals surface area contributed by atoms with Crippen molar-refractivity contribution in [1.29, 1.82) is 0 Å². The van der Waals surface area contributed by atoms with Crippen LogP contribution in [0.4, 0.5) is 0 Å². The predicted octanol–water partition coefficient (Wildman–Crippen LogP) is 2.19. The number of hydrogen-bond donors (Lipinski definition) is 1. The van der Waals surface area contributed by atoms with Crippen LogP contribution in [0.5, 0.6) is 0 Å². The molecular weight excluding hydrogens is 204 g/mol. The summed E-state index contributed by atoms with van der Waals surface area (Å²) in [5, 5.41) is 0.777. The maximum absolute atomic E-state index is 5.82. The van der Waals surface area contributed by atoms with Gasteiger partial charge < -0.3 is 5.73 Å². The van der Waals surface area contributed by atoms with E-state index in [1.165, 1.54) is 31.7 Å². The van der Waals surface area contributed by atoms with Crippen molar-refractivity contribution in [1.82, 2.24) is 4.90 Å². The van der Waals surface area contributed by atoms with Gasteiger partial charge in [-0.3, -0.25) is 4.90 Å². The van der Waals surface area contributed by atoms with E-state index >= 15 is 0 Å². The minimum Gasteiger partial charge on any atom is -0.330 e. The van der Waals surface area contributed by atoms with Gasteiger partial charge in [0.2, 0.25) is 0 Å². The van der Waals surface area contributed by atoms with E-state index in [1.807, 2.05) is 0 Å². The van der Waals surface area contributed by atoms with Gasteiger partial charge >= 0.3 is 0 Å². The minimum absolute atomic E-state index is 0.702. The summed E-state index contributed by atoms with van der Waals surface area (Å²) in [6, 6.07) is 0.717. The molecule has 1 rings (SSSR count). The third-order valence-corrected chi connectivity index (χ3v) is 4.88. The first-order chi connectivity index (χ1) is 7.19. The first-order valence-corrected chi connectivity index (χ1v) is 7.29. The Morgan fingerprint density at radius 2 is 2.20 bits per heavy atom. The third kappa shape index (κ3) is 3.97. The van der Waals surface area contributed by atoms with Crippen LogP contribution >= 0.6 is 11.8 Å². The molecule has 3 heteroatoms. The molecule has 0 aromatic carbocycles. The van der Waals surface area contributed by atoms with Gasteiger partial charge in [0.1, 0.15) is 0 Å². The monoisotopic (exact) mass is 230 g/mol. The molecule has 2 nitrogen and oxygen atoms in total. The van der Waals surface area contributed by atoms with Crippen molar-refractivity contribution < 1.29 is 0 Å². The molecule has 15 heavy (non-hydrogen) atoms. The second-order valence-electron chi connectivity index (χ2n) is 4.70. The molecule has 0 amide bonds. The predicted molar refractivity (Wildman–Crippen MR) is 70.4 cm³/mol. The molecule has 0 saturated carbocycles. The SMILES string of the molecule is CCCC(CN)CN1CCSC(C)C1C. The molecule has 0 bridgehead atoms. The van der Waals surface area contributed by atoms with E-state index in [2.05, 4.69) is 37.4 Å². The molecule has 1 heterocycles. The second-order valence-corrected chi connectivity index (χ2v) is 6.19. The Kier molecular flexibility index (Phi) is 6.02. The molecule has 1 fully saturated rings. The second kappa shape index (κ2) is 6.77. The Balaban J connectivity index is 2.40. The van der Waals surface area contributed by atoms with E-state index in [1.54, 1.807) is 0 Å². The van der Waals surface area contributed by atoms with Crippen molar-refractivity contribution in [3.8, 4) is 0 Å². The van der Waals surface area contributed by atoms with Gasteiger partial charge in [0.15, 0.2) is 0 Å². The molecule has 2 N–H and O–H groups in total. The van der Waals surface area contributed by atoms with E-state index in [0.717, 1.165) is 17.8 Å². The van der Waals surface area contributed by atoms with E-state index in [-0.39, 0.29) is 0 Å². The molecule has 3 unspecified atom stereocenters. The Hall–Kier alpha value is 0.270. The van der Waals surface area contributed by atoms with Gasteiger partial charge in [0, 0.05) is 30.1 Å². The van der Waals surface area contributed by atoms with Crippen LogP contribution < -0.4 is 5.73 Å². The first kappa shape index (κ1) is 13.3.